The van der Waals surface area contributed by atoms with Gasteiger partial charge >= 0.3 is 5.97 Å². The summed E-state index contributed by atoms with van der Waals surface area (Å²) in [5.74, 6) is -0.890. The summed E-state index contributed by atoms with van der Waals surface area (Å²) in [5, 5.41) is 8.50. The molecule has 1 N–H and O–H groups in total. The van der Waals surface area contributed by atoms with Crippen molar-refractivity contribution in [1.29, 1.82) is 0 Å². The molecule has 0 saturated carbocycles. The lowest BCUT2D eigenvalue weighted by molar-refractivity contribution is -0.132. The first-order valence-corrected chi connectivity index (χ1v) is 7.34. The maximum atomic E-state index is 10.3. The second kappa shape index (κ2) is 6.86. The molecule has 0 aliphatic carbocycles. The maximum absolute atomic E-state index is 10.3. The van der Waals surface area contributed by atoms with E-state index < -0.39 is 15.0 Å². The Hall–Kier alpha value is -0.613. The van der Waals surface area contributed by atoms with Gasteiger partial charge in [-0.1, -0.05) is 6.58 Å². The van der Waals surface area contributed by atoms with E-state index in [2.05, 4.69) is 19.7 Å². The van der Waals surface area contributed by atoms with Gasteiger partial charge in [-0.2, -0.15) is 0 Å². The Morgan fingerprint density at radius 1 is 1.46 bits per heavy atom. The molecule has 0 heterocycles. The molecule has 76 valence electrons. The van der Waals surface area contributed by atoms with Gasteiger partial charge in [0.15, 0.2) is 9.04 Å². The standard InChI is InChI=1S/C9H18O3Si/c1-8(9(10)11)6-4-5-7-12-13(2)3/h13H,1,4-7H2,2-3H3,(H,10,11). The highest BCUT2D eigenvalue weighted by Crippen LogP contribution is 2.05. The molecule has 0 spiro atoms. The van der Waals surface area contributed by atoms with Gasteiger partial charge in [-0.05, 0) is 32.4 Å². The molecule has 0 aromatic heterocycles. The predicted octanol–water partition coefficient (Wildman–Crippen LogP) is 1.80. The van der Waals surface area contributed by atoms with Gasteiger partial charge in [0, 0.05) is 12.2 Å². The van der Waals surface area contributed by atoms with Crippen LogP contribution < -0.4 is 0 Å². The summed E-state index contributed by atoms with van der Waals surface area (Å²) in [4.78, 5) is 10.3. The van der Waals surface area contributed by atoms with Crippen LogP contribution in [0.5, 0.6) is 0 Å². The van der Waals surface area contributed by atoms with Crippen LogP contribution in [0.4, 0.5) is 0 Å². The topological polar surface area (TPSA) is 46.5 Å². The average Bonchev–Trinajstić information content (AvgIpc) is 2.02. The first-order valence-electron chi connectivity index (χ1n) is 4.56. The fourth-order valence-electron chi connectivity index (χ4n) is 0.866. The van der Waals surface area contributed by atoms with Crippen LogP contribution in [0.3, 0.4) is 0 Å². The Morgan fingerprint density at radius 3 is 2.54 bits per heavy atom. The molecule has 0 aliphatic rings. The number of carboxylic acids is 1. The van der Waals surface area contributed by atoms with E-state index >= 15 is 0 Å². The molecule has 3 nitrogen and oxygen atoms in total. The highest BCUT2D eigenvalue weighted by molar-refractivity contribution is 6.48. The number of carboxylic acid groups (broad SMARTS) is 1. The third-order valence-corrected chi connectivity index (χ3v) is 2.53. The smallest absolute Gasteiger partial charge is 0.330 e. The van der Waals surface area contributed by atoms with Gasteiger partial charge in [-0.25, -0.2) is 4.79 Å². The molecule has 0 bridgehead atoms. The number of hydrogen-bond donors (Lipinski definition) is 1. The van der Waals surface area contributed by atoms with E-state index in [9.17, 15) is 4.79 Å². The summed E-state index contributed by atoms with van der Waals surface area (Å²) in [6, 6.07) is 0. The quantitative estimate of drug-likeness (QED) is 0.389. The van der Waals surface area contributed by atoms with Crippen LogP contribution in [-0.4, -0.2) is 26.7 Å². The molecule has 13 heavy (non-hydrogen) atoms. The summed E-state index contributed by atoms with van der Waals surface area (Å²) in [5.41, 5.74) is 0.293. The van der Waals surface area contributed by atoms with Gasteiger partial charge in [0.05, 0.1) is 0 Å². The Kier molecular flexibility index (Phi) is 6.53. The predicted molar refractivity (Wildman–Crippen MR) is 55.5 cm³/mol. The molecule has 0 amide bonds. The van der Waals surface area contributed by atoms with Crippen molar-refractivity contribution in [3.05, 3.63) is 12.2 Å². The molecule has 4 heteroatoms. The minimum Gasteiger partial charge on any atom is -0.478 e. The molecule has 0 rings (SSSR count). The van der Waals surface area contributed by atoms with Gasteiger partial charge in [0.2, 0.25) is 0 Å². The Morgan fingerprint density at radius 2 is 2.08 bits per heavy atom. The highest BCUT2D eigenvalue weighted by atomic mass is 28.3. The lowest BCUT2D eigenvalue weighted by Crippen LogP contribution is -2.08. The Labute approximate surface area is 81.1 Å². The molecule has 0 saturated heterocycles. The van der Waals surface area contributed by atoms with Crippen molar-refractivity contribution >= 4 is 15.0 Å². The van der Waals surface area contributed by atoms with Crippen molar-refractivity contribution in [3.63, 3.8) is 0 Å². The number of rotatable bonds is 7. The van der Waals surface area contributed by atoms with E-state index in [0.717, 1.165) is 19.4 Å². The van der Waals surface area contributed by atoms with Gasteiger partial charge < -0.3 is 9.53 Å². The molecule has 0 aromatic carbocycles. The van der Waals surface area contributed by atoms with Gasteiger partial charge in [0.25, 0.3) is 0 Å². The van der Waals surface area contributed by atoms with Crippen LogP contribution in [0.15, 0.2) is 12.2 Å². The van der Waals surface area contributed by atoms with Crippen LogP contribution in [0.25, 0.3) is 0 Å². The van der Waals surface area contributed by atoms with E-state index in [-0.39, 0.29) is 0 Å². The number of unbranched alkanes of at least 4 members (excludes halogenated alkanes) is 1. The average molecular weight is 202 g/mol. The van der Waals surface area contributed by atoms with E-state index in [0.29, 0.717) is 12.0 Å². The normalized spacial score (nSPS) is 10.4. The summed E-state index contributed by atoms with van der Waals surface area (Å²) < 4.78 is 5.45. The molecular formula is C9H18O3Si. The summed E-state index contributed by atoms with van der Waals surface area (Å²) >= 11 is 0. The van der Waals surface area contributed by atoms with Crippen molar-refractivity contribution in [2.75, 3.05) is 6.61 Å². The fourth-order valence-corrected chi connectivity index (χ4v) is 1.50. The Balaban J connectivity index is 3.26. The summed E-state index contributed by atoms with van der Waals surface area (Å²) in [6.07, 6.45) is 2.35. The number of aliphatic carboxylic acids is 1. The van der Waals surface area contributed by atoms with Crippen molar-refractivity contribution in [3.8, 4) is 0 Å². The highest BCUT2D eigenvalue weighted by Gasteiger charge is 2.02. The maximum Gasteiger partial charge on any atom is 0.330 e. The van der Waals surface area contributed by atoms with E-state index in [1.54, 1.807) is 0 Å². The monoisotopic (exact) mass is 202 g/mol. The van der Waals surface area contributed by atoms with Crippen LogP contribution in [0.2, 0.25) is 13.1 Å². The van der Waals surface area contributed by atoms with Crippen LogP contribution in [0, 0.1) is 0 Å². The van der Waals surface area contributed by atoms with Crippen molar-refractivity contribution in [1.82, 2.24) is 0 Å². The first-order chi connectivity index (χ1) is 6.04. The molecule has 0 aromatic rings. The van der Waals surface area contributed by atoms with Gasteiger partial charge in [0.1, 0.15) is 0 Å². The zero-order chi connectivity index (χ0) is 10.3. The summed E-state index contributed by atoms with van der Waals surface area (Å²) in [6.45, 7) is 8.46. The second-order valence-corrected chi connectivity index (χ2v) is 5.72. The van der Waals surface area contributed by atoms with E-state index in [4.69, 9.17) is 9.53 Å². The van der Waals surface area contributed by atoms with E-state index in [1.165, 1.54) is 0 Å². The van der Waals surface area contributed by atoms with E-state index in [1.807, 2.05) is 0 Å². The summed E-state index contributed by atoms with van der Waals surface area (Å²) in [7, 11) is -0.896. The lowest BCUT2D eigenvalue weighted by atomic mass is 10.1. The number of hydrogen-bond acceptors (Lipinski definition) is 2. The Bertz CT molecular complexity index is 178. The zero-order valence-corrected chi connectivity index (χ0v) is 9.53. The zero-order valence-electron chi connectivity index (χ0n) is 8.38. The minimum absolute atomic E-state index is 0.293. The van der Waals surface area contributed by atoms with Crippen LogP contribution in [0.1, 0.15) is 19.3 Å². The molecule has 0 aliphatic heterocycles. The third kappa shape index (κ3) is 7.74. The number of carbonyl (C=O) groups is 1. The lowest BCUT2D eigenvalue weighted by Gasteiger charge is -2.05. The van der Waals surface area contributed by atoms with Crippen LogP contribution >= 0.6 is 0 Å². The van der Waals surface area contributed by atoms with Gasteiger partial charge in [-0.15, -0.1) is 0 Å². The van der Waals surface area contributed by atoms with Crippen molar-refractivity contribution < 1.29 is 14.3 Å². The third-order valence-electron chi connectivity index (χ3n) is 1.63. The first kappa shape index (κ1) is 12.4. The largest absolute Gasteiger partial charge is 0.478 e. The fraction of sp³-hybridized carbons (Fsp3) is 0.667. The molecule has 0 atom stereocenters. The van der Waals surface area contributed by atoms with Gasteiger partial charge in [-0.3, -0.25) is 0 Å². The van der Waals surface area contributed by atoms with Crippen molar-refractivity contribution in [2.45, 2.75) is 32.4 Å². The second-order valence-electron chi connectivity index (χ2n) is 3.29. The SMILES string of the molecule is C=C(CCCCO[SiH](C)C)C(=O)O. The molecule has 0 radical (unpaired) electrons. The van der Waals surface area contributed by atoms with Crippen molar-refractivity contribution in [2.24, 2.45) is 0 Å². The van der Waals surface area contributed by atoms with Crippen LogP contribution in [-0.2, 0) is 9.22 Å². The molecule has 0 fully saturated rings. The molecule has 0 unspecified atom stereocenters. The minimum atomic E-state index is -0.896. The molecular weight excluding hydrogens is 184 g/mol.